The van der Waals surface area contributed by atoms with E-state index < -0.39 is 17.4 Å². The Morgan fingerprint density at radius 2 is 1.77 bits per heavy atom. The third-order valence-corrected chi connectivity index (χ3v) is 7.16. The number of fused-ring (bicyclic) bond motifs is 4. The smallest absolute Gasteiger partial charge is 0.250 e. The van der Waals surface area contributed by atoms with Gasteiger partial charge in [0.2, 0.25) is 17.7 Å². The van der Waals surface area contributed by atoms with Gasteiger partial charge in [0, 0.05) is 22.3 Å². The van der Waals surface area contributed by atoms with E-state index in [1.807, 2.05) is 38.1 Å². The van der Waals surface area contributed by atoms with Gasteiger partial charge in [-0.25, -0.2) is 4.90 Å². The van der Waals surface area contributed by atoms with E-state index in [4.69, 9.17) is 11.6 Å². The fourth-order valence-corrected chi connectivity index (χ4v) is 5.51. The first kappa shape index (κ1) is 19.3. The van der Waals surface area contributed by atoms with Gasteiger partial charge in [-0.05, 0) is 36.6 Å². The van der Waals surface area contributed by atoms with Crippen molar-refractivity contribution in [1.82, 2.24) is 5.32 Å². The van der Waals surface area contributed by atoms with Gasteiger partial charge >= 0.3 is 0 Å². The standard InChI is InChI=1S/C23H22ClN3O3/c1-11(2)19-17-18(23(26-19)13-7-4-5-9-15(13)25-22(23)30)21(29)27(20(17)28)16-10-6-8-14(24)12(16)3/h4-11,17-19,26H,1-3H3,(H,25,30). The van der Waals surface area contributed by atoms with Crippen LogP contribution in [0.15, 0.2) is 42.5 Å². The molecule has 6 nitrogen and oxygen atoms in total. The summed E-state index contributed by atoms with van der Waals surface area (Å²) in [6, 6.07) is 12.2. The maximum Gasteiger partial charge on any atom is 0.250 e. The Morgan fingerprint density at radius 3 is 2.50 bits per heavy atom. The van der Waals surface area contributed by atoms with Crippen molar-refractivity contribution in [2.24, 2.45) is 17.8 Å². The van der Waals surface area contributed by atoms with Crippen molar-refractivity contribution in [3.05, 3.63) is 58.6 Å². The molecule has 3 heterocycles. The number of amides is 3. The van der Waals surface area contributed by atoms with Crippen LogP contribution < -0.4 is 15.5 Å². The summed E-state index contributed by atoms with van der Waals surface area (Å²) in [5.74, 6) is -2.33. The van der Waals surface area contributed by atoms with E-state index in [1.54, 1.807) is 25.1 Å². The van der Waals surface area contributed by atoms with Crippen LogP contribution in [0.3, 0.4) is 0 Å². The van der Waals surface area contributed by atoms with E-state index in [-0.39, 0.29) is 29.7 Å². The summed E-state index contributed by atoms with van der Waals surface area (Å²) in [6.07, 6.45) is 0. The fourth-order valence-electron chi connectivity index (χ4n) is 5.34. The molecule has 0 bridgehead atoms. The van der Waals surface area contributed by atoms with Crippen molar-refractivity contribution >= 4 is 40.7 Å². The van der Waals surface area contributed by atoms with Crippen molar-refractivity contribution in [1.29, 1.82) is 0 Å². The lowest BCUT2D eigenvalue weighted by molar-refractivity contribution is -0.130. The molecule has 2 aromatic rings. The molecule has 154 valence electrons. The first-order chi connectivity index (χ1) is 14.3. The average Bonchev–Trinajstić information content (AvgIpc) is 3.30. The van der Waals surface area contributed by atoms with Crippen LogP contribution in [0, 0.1) is 24.7 Å². The predicted molar refractivity (Wildman–Crippen MR) is 114 cm³/mol. The minimum absolute atomic E-state index is 0.0506. The number of nitrogens with one attached hydrogen (secondary N) is 2. The van der Waals surface area contributed by atoms with Gasteiger partial charge < -0.3 is 5.32 Å². The lowest BCUT2D eigenvalue weighted by Gasteiger charge is -2.30. The normalized spacial score (nSPS) is 29.7. The van der Waals surface area contributed by atoms with Gasteiger partial charge in [0.1, 0.15) is 5.54 Å². The molecule has 4 atom stereocenters. The van der Waals surface area contributed by atoms with Gasteiger partial charge in [0.05, 0.1) is 17.5 Å². The van der Waals surface area contributed by atoms with Gasteiger partial charge in [-0.3, -0.25) is 19.7 Å². The summed E-state index contributed by atoms with van der Waals surface area (Å²) < 4.78 is 0. The molecule has 3 amide bonds. The number of benzene rings is 2. The number of anilines is 2. The quantitative estimate of drug-likeness (QED) is 0.727. The number of halogens is 1. The number of hydrogen-bond acceptors (Lipinski definition) is 4. The summed E-state index contributed by atoms with van der Waals surface area (Å²) in [4.78, 5) is 42.0. The van der Waals surface area contributed by atoms with Gasteiger partial charge in [-0.1, -0.05) is 49.7 Å². The molecule has 2 aromatic carbocycles. The highest BCUT2D eigenvalue weighted by molar-refractivity contribution is 6.32. The Bertz CT molecular complexity index is 1110. The number of carbonyl (C=O) groups excluding carboxylic acids is 3. The Labute approximate surface area is 179 Å². The number of carbonyl (C=O) groups is 3. The highest BCUT2D eigenvalue weighted by Crippen LogP contribution is 2.54. The van der Waals surface area contributed by atoms with Gasteiger partial charge in [-0.15, -0.1) is 0 Å². The van der Waals surface area contributed by atoms with E-state index in [2.05, 4.69) is 10.6 Å². The molecule has 0 saturated carbocycles. The lowest BCUT2D eigenvalue weighted by Crippen LogP contribution is -2.54. The van der Waals surface area contributed by atoms with E-state index in [0.29, 0.717) is 22.0 Å². The predicted octanol–water partition coefficient (Wildman–Crippen LogP) is 3.23. The maximum absolute atomic E-state index is 13.8. The molecule has 2 fully saturated rings. The van der Waals surface area contributed by atoms with Crippen LogP contribution in [0.2, 0.25) is 5.02 Å². The van der Waals surface area contributed by atoms with Crippen LogP contribution in [0.1, 0.15) is 25.0 Å². The molecule has 30 heavy (non-hydrogen) atoms. The summed E-state index contributed by atoms with van der Waals surface area (Å²) in [7, 11) is 0. The third kappa shape index (κ3) is 2.26. The zero-order valence-corrected chi connectivity index (χ0v) is 17.7. The SMILES string of the molecule is Cc1c(Cl)cccc1N1C(=O)C2C(C(C)C)NC3(C(=O)Nc4ccccc43)C2C1=O. The van der Waals surface area contributed by atoms with Crippen LogP contribution in [0.5, 0.6) is 0 Å². The number of para-hydroxylation sites is 1. The average molecular weight is 424 g/mol. The van der Waals surface area contributed by atoms with Gasteiger partial charge in [0.25, 0.3) is 0 Å². The second-order valence-corrected chi connectivity index (χ2v) is 9.03. The molecular formula is C23H22ClN3O3. The van der Waals surface area contributed by atoms with Crippen LogP contribution >= 0.6 is 11.6 Å². The van der Waals surface area contributed by atoms with E-state index >= 15 is 0 Å². The fraction of sp³-hybridized carbons (Fsp3) is 0.348. The van der Waals surface area contributed by atoms with E-state index in [9.17, 15) is 14.4 Å². The molecule has 7 heteroatoms. The number of hydrogen-bond donors (Lipinski definition) is 2. The van der Waals surface area contributed by atoms with Crippen LogP contribution in [0.4, 0.5) is 11.4 Å². The molecular weight excluding hydrogens is 402 g/mol. The second-order valence-electron chi connectivity index (χ2n) is 8.62. The summed E-state index contributed by atoms with van der Waals surface area (Å²) in [5, 5.41) is 6.82. The monoisotopic (exact) mass is 423 g/mol. The molecule has 1 spiro atoms. The minimum atomic E-state index is -1.26. The highest BCUT2D eigenvalue weighted by atomic mass is 35.5. The molecule has 3 aliphatic heterocycles. The van der Waals surface area contributed by atoms with Crippen LogP contribution in [0.25, 0.3) is 0 Å². The first-order valence-corrected chi connectivity index (χ1v) is 10.5. The molecule has 0 aliphatic carbocycles. The Balaban J connectivity index is 1.71. The second kappa shape index (κ2) is 6.40. The summed E-state index contributed by atoms with van der Waals surface area (Å²) in [5.41, 5.74) is 1.29. The molecule has 3 aliphatic rings. The first-order valence-electron chi connectivity index (χ1n) is 10.1. The molecule has 5 rings (SSSR count). The minimum Gasteiger partial charge on any atom is -0.324 e. The summed E-state index contributed by atoms with van der Waals surface area (Å²) in [6.45, 7) is 5.78. The topological polar surface area (TPSA) is 78.5 Å². The van der Waals surface area contributed by atoms with E-state index in [1.165, 1.54) is 4.90 Å². The number of rotatable bonds is 2. The largest absolute Gasteiger partial charge is 0.324 e. The van der Waals surface area contributed by atoms with Crippen molar-refractivity contribution in [2.75, 3.05) is 10.2 Å². The molecule has 4 unspecified atom stereocenters. The van der Waals surface area contributed by atoms with E-state index in [0.717, 1.165) is 5.56 Å². The number of imide groups is 1. The Morgan fingerprint density at radius 1 is 1.03 bits per heavy atom. The third-order valence-electron chi connectivity index (χ3n) is 6.76. The highest BCUT2D eigenvalue weighted by Gasteiger charge is 2.71. The summed E-state index contributed by atoms with van der Waals surface area (Å²) >= 11 is 6.27. The molecule has 0 radical (unpaired) electrons. The Hall–Kier alpha value is -2.70. The molecule has 0 aromatic heterocycles. The van der Waals surface area contributed by atoms with Gasteiger partial charge in [-0.2, -0.15) is 0 Å². The van der Waals surface area contributed by atoms with Crippen LogP contribution in [-0.2, 0) is 19.9 Å². The number of nitrogens with zero attached hydrogens (tertiary/aromatic N) is 1. The van der Waals surface area contributed by atoms with Crippen molar-refractivity contribution in [3.63, 3.8) is 0 Å². The van der Waals surface area contributed by atoms with Crippen molar-refractivity contribution in [2.45, 2.75) is 32.4 Å². The van der Waals surface area contributed by atoms with Gasteiger partial charge in [0.15, 0.2) is 0 Å². The maximum atomic E-state index is 13.8. The Kier molecular flexibility index (Phi) is 4.11. The zero-order chi connectivity index (χ0) is 21.4. The molecule has 2 N–H and O–H groups in total. The zero-order valence-electron chi connectivity index (χ0n) is 16.9. The molecule has 2 saturated heterocycles. The lowest BCUT2D eigenvalue weighted by atomic mass is 9.76. The van der Waals surface area contributed by atoms with Crippen LogP contribution in [-0.4, -0.2) is 23.8 Å². The van der Waals surface area contributed by atoms with Crippen molar-refractivity contribution < 1.29 is 14.4 Å². The van der Waals surface area contributed by atoms with Crippen molar-refractivity contribution in [3.8, 4) is 0 Å².